The summed E-state index contributed by atoms with van der Waals surface area (Å²) in [4.78, 5) is 0. The Morgan fingerprint density at radius 1 is 0.722 bits per heavy atom. The second-order valence-electron chi connectivity index (χ2n) is 4.45. The third-order valence-corrected chi connectivity index (χ3v) is 2.91. The van der Waals surface area contributed by atoms with E-state index in [4.69, 9.17) is 0 Å². The Morgan fingerprint density at radius 2 is 1.11 bits per heavy atom. The third kappa shape index (κ3) is 4.32. The molecule has 2 rings (SSSR count). The van der Waals surface area contributed by atoms with Crippen molar-refractivity contribution >= 4 is 0 Å². The number of hydrogen-bond donors (Lipinski definition) is 2. The van der Waals surface area contributed by atoms with Crippen molar-refractivity contribution in [1.29, 1.82) is 0 Å². The van der Waals surface area contributed by atoms with E-state index in [1.165, 1.54) is 11.1 Å². The molecule has 2 heteroatoms. The highest BCUT2D eigenvalue weighted by molar-refractivity contribution is 5.15. The molecule has 0 saturated carbocycles. The first-order chi connectivity index (χ1) is 8.84. The van der Waals surface area contributed by atoms with Gasteiger partial charge in [0, 0.05) is 13.1 Å². The molecule has 0 heterocycles. The van der Waals surface area contributed by atoms with E-state index in [-0.39, 0.29) is 0 Å². The second-order valence-corrected chi connectivity index (χ2v) is 4.45. The van der Waals surface area contributed by atoms with Crippen molar-refractivity contribution in [2.24, 2.45) is 0 Å². The Hall–Kier alpha value is -1.64. The Balaban J connectivity index is 1.71. The predicted molar refractivity (Wildman–Crippen MR) is 76.0 cm³/mol. The standard InChI is InChI=1S/C16H20N2/c1-14(17-12-15-8-4-2-5-9-15)18-13-16-10-6-3-7-11-16/h2-11,14,17-18H,12-13H2,1H3. The molecular weight excluding hydrogens is 220 g/mol. The van der Waals surface area contributed by atoms with Crippen molar-refractivity contribution in [3.63, 3.8) is 0 Å². The van der Waals surface area contributed by atoms with Gasteiger partial charge in [-0.05, 0) is 18.1 Å². The van der Waals surface area contributed by atoms with Crippen LogP contribution in [0.5, 0.6) is 0 Å². The lowest BCUT2D eigenvalue weighted by molar-refractivity contribution is 0.451. The second kappa shape index (κ2) is 6.94. The van der Waals surface area contributed by atoms with E-state index in [2.05, 4.69) is 66.1 Å². The summed E-state index contributed by atoms with van der Waals surface area (Å²) in [6, 6.07) is 20.9. The first-order valence-corrected chi connectivity index (χ1v) is 6.39. The van der Waals surface area contributed by atoms with Gasteiger partial charge in [-0.25, -0.2) is 0 Å². The van der Waals surface area contributed by atoms with Gasteiger partial charge < -0.3 is 0 Å². The fourth-order valence-corrected chi connectivity index (χ4v) is 1.81. The van der Waals surface area contributed by atoms with Gasteiger partial charge in [-0.3, -0.25) is 10.6 Å². The number of rotatable bonds is 6. The van der Waals surface area contributed by atoms with E-state index < -0.39 is 0 Å². The third-order valence-electron chi connectivity index (χ3n) is 2.91. The van der Waals surface area contributed by atoms with Crippen molar-refractivity contribution in [3.8, 4) is 0 Å². The van der Waals surface area contributed by atoms with Gasteiger partial charge in [-0.1, -0.05) is 60.7 Å². The van der Waals surface area contributed by atoms with Gasteiger partial charge in [0.15, 0.2) is 0 Å². The van der Waals surface area contributed by atoms with Crippen LogP contribution in [-0.2, 0) is 13.1 Å². The van der Waals surface area contributed by atoms with E-state index in [9.17, 15) is 0 Å². The van der Waals surface area contributed by atoms with Crippen LogP contribution in [0.2, 0.25) is 0 Å². The Bertz CT molecular complexity index is 396. The summed E-state index contributed by atoms with van der Waals surface area (Å²) in [5, 5.41) is 6.92. The van der Waals surface area contributed by atoms with Crippen LogP contribution in [0, 0.1) is 0 Å². The minimum atomic E-state index is 0.297. The predicted octanol–water partition coefficient (Wildman–Crippen LogP) is 2.91. The zero-order chi connectivity index (χ0) is 12.6. The molecule has 0 saturated heterocycles. The first kappa shape index (κ1) is 12.8. The molecule has 0 bridgehead atoms. The summed E-state index contributed by atoms with van der Waals surface area (Å²) in [7, 11) is 0. The topological polar surface area (TPSA) is 24.1 Å². The summed E-state index contributed by atoms with van der Waals surface area (Å²) >= 11 is 0. The molecule has 2 nitrogen and oxygen atoms in total. The largest absolute Gasteiger partial charge is 0.298 e. The molecule has 2 aromatic carbocycles. The van der Waals surface area contributed by atoms with E-state index >= 15 is 0 Å². The number of benzene rings is 2. The quantitative estimate of drug-likeness (QED) is 0.759. The Labute approximate surface area is 109 Å². The zero-order valence-electron chi connectivity index (χ0n) is 10.8. The van der Waals surface area contributed by atoms with E-state index in [1.807, 2.05) is 12.1 Å². The maximum atomic E-state index is 3.46. The lowest BCUT2D eigenvalue weighted by Crippen LogP contribution is -2.38. The van der Waals surface area contributed by atoms with Crippen LogP contribution in [0.25, 0.3) is 0 Å². The fraction of sp³-hybridized carbons (Fsp3) is 0.250. The zero-order valence-corrected chi connectivity index (χ0v) is 10.8. The van der Waals surface area contributed by atoms with E-state index in [0.717, 1.165) is 13.1 Å². The minimum absolute atomic E-state index is 0.297. The van der Waals surface area contributed by atoms with Gasteiger partial charge in [0.05, 0.1) is 6.17 Å². The van der Waals surface area contributed by atoms with Crippen LogP contribution in [0.15, 0.2) is 60.7 Å². The maximum absolute atomic E-state index is 3.46. The molecule has 0 aromatic heterocycles. The Kier molecular flexibility index (Phi) is 4.94. The summed E-state index contributed by atoms with van der Waals surface area (Å²) in [5.41, 5.74) is 2.62. The van der Waals surface area contributed by atoms with Gasteiger partial charge in [0.25, 0.3) is 0 Å². The monoisotopic (exact) mass is 240 g/mol. The van der Waals surface area contributed by atoms with Gasteiger partial charge >= 0.3 is 0 Å². The van der Waals surface area contributed by atoms with Crippen LogP contribution < -0.4 is 10.6 Å². The number of hydrogen-bond acceptors (Lipinski definition) is 2. The molecule has 0 atom stereocenters. The smallest absolute Gasteiger partial charge is 0.0547 e. The van der Waals surface area contributed by atoms with Gasteiger partial charge in [-0.2, -0.15) is 0 Å². The molecule has 94 valence electrons. The van der Waals surface area contributed by atoms with Crippen molar-refractivity contribution in [2.75, 3.05) is 0 Å². The highest BCUT2D eigenvalue weighted by Crippen LogP contribution is 1.99. The van der Waals surface area contributed by atoms with Crippen LogP contribution in [0.4, 0.5) is 0 Å². The van der Waals surface area contributed by atoms with Crippen molar-refractivity contribution < 1.29 is 0 Å². The van der Waals surface area contributed by atoms with Crippen LogP contribution in [0.1, 0.15) is 18.1 Å². The SMILES string of the molecule is CC(NCc1ccccc1)NCc1ccccc1. The first-order valence-electron chi connectivity index (χ1n) is 6.39. The molecule has 0 aliphatic carbocycles. The van der Waals surface area contributed by atoms with E-state index in [0.29, 0.717) is 6.17 Å². The Morgan fingerprint density at radius 3 is 1.50 bits per heavy atom. The highest BCUT2D eigenvalue weighted by atomic mass is 15.1. The molecule has 0 spiro atoms. The lowest BCUT2D eigenvalue weighted by atomic mass is 10.2. The normalized spacial score (nSPS) is 10.8. The van der Waals surface area contributed by atoms with Crippen molar-refractivity contribution in [2.45, 2.75) is 26.2 Å². The van der Waals surface area contributed by atoms with Crippen LogP contribution in [0.3, 0.4) is 0 Å². The molecule has 0 radical (unpaired) electrons. The summed E-state index contributed by atoms with van der Waals surface area (Å²) in [5.74, 6) is 0. The molecule has 0 fully saturated rings. The number of nitrogens with one attached hydrogen (secondary N) is 2. The molecule has 2 N–H and O–H groups in total. The van der Waals surface area contributed by atoms with Crippen LogP contribution >= 0.6 is 0 Å². The van der Waals surface area contributed by atoms with Gasteiger partial charge in [-0.15, -0.1) is 0 Å². The highest BCUT2D eigenvalue weighted by Gasteiger charge is 2.00. The molecule has 18 heavy (non-hydrogen) atoms. The average Bonchev–Trinajstić information content (AvgIpc) is 2.45. The molecule has 0 unspecified atom stereocenters. The maximum Gasteiger partial charge on any atom is 0.0547 e. The van der Waals surface area contributed by atoms with Crippen LogP contribution in [-0.4, -0.2) is 6.17 Å². The lowest BCUT2D eigenvalue weighted by Gasteiger charge is -2.15. The summed E-state index contributed by atoms with van der Waals surface area (Å²) < 4.78 is 0. The summed E-state index contributed by atoms with van der Waals surface area (Å²) in [6.07, 6.45) is 0.297. The average molecular weight is 240 g/mol. The molecule has 2 aromatic rings. The summed E-state index contributed by atoms with van der Waals surface area (Å²) in [6.45, 7) is 3.93. The fourth-order valence-electron chi connectivity index (χ4n) is 1.81. The molecule has 0 aliphatic heterocycles. The van der Waals surface area contributed by atoms with Gasteiger partial charge in [0.1, 0.15) is 0 Å². The van der Waals surface area contributed by atoms with Gasteiger partial charge in [0.2, 0.25) is 0 Å². The minimum Gasteiger partial charge on any atom is -0.298 e. The molecule has 0 aliphatic rings. The molecular formula is C16H20N2. The van der Waals surface area contributed by atoms with E-state index in [1.54, 1.807) is 0 Å². The van der Waals surface area contributed by atoms with Crippen molar-refractivity contribution in [3.05, 3.63) is 71.8 Å². The molecule has 0 amide bonds. The van der Waals surface area contributed by atoms with Crippen molar-refractivity contribution in [1.82, 2.24) is 10.6 Å².